The number of hydrogen-bond donors (Lipinski definition) is 3. The largest absolute Gasteiger partial charge is 0.506 e. The van der Waals surface area contributed by atoms with Crippen LogP contribution in [0.25, 0.3) is 0 Å². The lowest BCUT2D eigenvalue weighted by Crippen LogP contribution is -2.34. The van der Waals surface area contributed by atoms with Gasteiger partial charge in [0.1, 0.15) is 5.75 Å². The number of benzene rings is 2. The predicted molar refractivity (Wildman–Crippen MR) is 97.0 cm³/mol. The molecule has 23 heavy (non-hydrogen) atoms. The van der Waals surface area contributed by atoms with E-state index in [1.54, 1.807) is 18.2 Å². The fourth-order valence-electron chi connectivity index (χ4n) is 2.12. The zero-order chi connectivity index (χ0) is 16.8. The molecule has 0 heterocycles. The monoisotopic (exact) mass is 328 g/mol. The summed E-state index contributed by atoms with van der Waals surface area (Å²) in [5.41, 5.74) is 3.26. The lowest BCUT2D eigenvalue weighted by atomic mass is 10.1. The van der Waals surface area contributed by atoms with Gasteiger partial charge in [-0.25, -0.2) is 0 Å². The minimum atomic E-state index is -0.281. The fourth-order valence-corrected chi connectivity index (χ4v) is 2.33. The second-order valence-electron chi connectivity index (χ2n) is 5.16. The topological polar surface area (TPSA) is 61.4 Å². The maximum atomic E-state index is 12.2. The Morgan fingerprint density at radius 3 is 2.26 bits per heavy atom. The van der Waals surface area contributed by atoms with Crippen LogP contribution in [0.5, 0.6) is 5.75 Å². The van der Waals surface area contributed by atoms with E-state index in [1.165, 1.54) is 5.56 Å². The lowest BCUT2D eigenvalue weighted by molar-refractivity contribution is 0.0977. The number of rotatable bonds is 4. The maximum Gasteiger partial charge on any atom is 0.257 e. The van der Waals surface area contributed by atoms with Crippen LogP contribution in [0.1, 0.15) is 35.3 Å². The summed E-state index contributed by atoms with van der Waals surface area (Å²) >= 11 is 5.15. The normalized spacial score (nSPS) is 10.2. The number of amides is 1. The van der Waals surface area contributed by atoms with Crippen LogP contribution in [-0.4, -0.2) is 16.1 Å². The molecule has 0 saturated carbocycles. The highest BCUT2D eigenvalue weighted by molar-refractivity contribution is 7.80. The van der Waals surface area contributed by atoms with E-state index in [1.807, 2.05) is 31.2 Å². The van der Waals surface area contributed by atoms with Gasteiger partial charge in [-0.05, 0) is 60.5 Å². The molecule has 0 radical (unpaired) electrons. The molecule has 4 nitrogen and oxygen atoms in total. The minimum absolute atomic E-state index is 0.0890. The quantitative estimate of drug-likeness (QED) is 0.592. The molecule has 2 rings (SSSR count). The van der Waals surface area contributed by atoms with Crippen LogP contribution in [0.4, 0.5) is 5.69 Å². The first kappa shape index (κ1) is 17.0. The van der Waals surface area contributed by atoms with E-state index in [0.29, 0.717) is 11.3 Å². The summed E-state index contributed by atoms with van der Waals surface area (Å²) in [6, 6.07) is 12.6. The summed E-state index contributed by atoms with van der Waals surface area (Å²) in [7, 11) is 0. The number of thiocarbonyl (C=S) groups is 1. The van der Waals surface area contributed by atoms with Crippen LogP contribution in [-0.2, 0) is 12.8 Å². The zero-order valence-corrected chi connectivity index (χ0v) is 14.0. The predicted octanol–water partition coefficient (Wildman–Crippen LogP) is 3.64. The van der Waals surface area contributed by atoms with Gasteiger partial charge in [-0.3, -0.25) is 10.1 Å². The number of hydrogen-bond acceptors (Lipinski definition) is 3. The Morgan fingerprint density at radius 1 is 1.04 bits per heavy atom. The second-order valence-corrected chi connectivity index (χ2v) is 5.57. The van der Waals surface area contributed by atoms with Gasteiger partial charge in [0.25, 0.3) is 5.91 Å². The third-order valence-corrected chi connectivity index (χ3v) is 3.77. The first-order chi connectivity index (χ1) is 11.0. The van der Waals surface area contributed by atoms with Gasteiger partial charge in [-0.2, -0.15) is 0 Å². The van der Waals surface area contributed by atoms with Gasteiger partial charge >= 0.3 is 0 Å². The van der Waals surface area contributed by atoms with Crippen molar-refractivity contribution < 1.29 is 9.90 Å². The summed E-state index contributed by atoms with van der Waals surface area (Å²) in [5.74, 6) is -0.192. The molecule has 0 atom stereocenters. The summed E-state index contributed by atoms with van der Waals surface area (Å²) in [6.07, 6.45) is 1.77. The number of aromatic hydroxyl groups is 1. The molecule has 0 spiro atoms. The van der Waals surface area contributed by atoms with Crippen molar-refractivity contribution in [2.24, 2.45) is 0 Å². The number of aryl methyl sites for hydroxylation is 2. The number of phenolic OH excluding ortho intramolecular Hbond substituents is 1. The van der Waals surface area contributed by atoms with Crippen molar-refractivity contribution in [3.8, 4) is 5.75 Å². The molecular formula is C18H20N2O2S. The molecule has 2 aromatic rings. The van der Waals surface area contributed by atoms with Crippen molar-refractivity contribution in [1.29, 1.82) is 0 Å². The first-order valence-electron chi connectivity index (χ1n) is 7.56. The van der Waals surface area contributed by atoms with Crippen molar-refractivity contribution in [2.45, 2.75) is 26.7 Å². The fraction of sp³-hybridized carbons (Fsp3) is 0.222. The Hall–Kier alpha value is -2.40. The summed E-state index contributed by atoms with van der Waals surface area (Å²) in [5, 5.41) is 15.5. The van der Waals surface area contributed by atoms with Crippen LogP contribution in [0.3, 0.4) is 0 Å². The summed E-state index contributed by atoms with van der Waals surface area (Å²) < 4.78 is 0. The molecule has 0 fully saturated rings. The third kappa shape index (κ3) is 4.53. The standard InChI is InChI=1S/C18H20N2O2S/c1-3-12-5-8-14(9-6-12)17(22)20-18(23)19-15-11-13(4-2)7-10-16(15)21/h5-11,21H,3-4H2,1-2H3,(H2,19,20,22,23). The minimum Gasteiger partial charge on any atom is -0.506 e. The van der Waals surface area contributed by atoms with Gasteiger partial charge in [-0.15, -0.1) is 0 Å². The van der Waals surface area contributed by atoms with E-state index in [4.69, 9.17) is 12.2 Å². The van der Waals surface area contributed by atoms with Crippen molar-refractivity contribution in [3.05, 3.63) is 59.2 Å². The number of nitrogens with one attached hydrogen (secondary N) is 2. The molecule has 0 aliphatic rings. The van der Waals surface area contributed by atoms with Crippen molar-refractivity contribution >= 4 is 28.9 Å². The van der Waals surface area contributed by atoms with Gasteiger partial charge < -0.3 is 10.4 Å². The van der Waals surface area contributed by atoms with E-state index in [0.717, 1.165) is 18.4 Å². The lowest BCUT2D eigenvalue weighted by Gasteiger charge is -2.12. The SMILES string of the molecule is CCc1ccc(C(=O)NC(=S)Nc2cc(CC)ccc2O)cc1. The van der Waals surface area contributed by atoms with Gasteiger partial charge in [0.2, 0.25) is 0 Å². The number of carbonyl (C=O) groups excluding carboxylic acids is 1. The number of carbonyl (C=O) groups is 1. The molecule has 5 heteroatoms. The Morgan fingerprint density at radius 2 is 1.65 bits per heavy atom. The van der Waals surface area contributed by atoms with Gasteiger partial charge in [0, 0.05) is 5.56 Å². The first-order valence-corrected chi connectivity index (χ1v) is 7.97. The Bertz CT molecular complexity index is 711. The molecule has 0 unspecified atom stereocenters. The Balaban J connectivity index is 2.02. The highest BCUT2D eigenvalue weighted by Crippen LogP contribution is 2.24. The zero-order valence-electron chi connectivity index (χ0n) is 13.2. The number of anilines is 1. The summed E-state index contributed by atoms with van der Waals surface area (Å²) in [6.45, 7) is 4.08. The van der Waals surface area contributed by atoms with Crippen LogP contribution in [0, 0.1) is 0 Å². The smallest absolute Gasteiger partial charge is 0.257 e. The van der Waals surface area contributed by atoms with Gasteiger partial charge in [-0.1, -0.05) is 32.0 Å². The molecule has 0 saturated heterocycles. The van der Waals surface area contributed by atoms with Crippen LogP contribution >= 0.6 is 12.2 Å². The molecule has 0 aromatic heterocycles. The molecule has 3 N–H and O–H groups in total. The van der Waals surface area contributed by atoms with Crippen LogP contribution in [0.15, 0.2) is 42.5 Å². The average Bonchev–Trinajstić information content (AvgIpc) is 2.56. The molecule has 1 amide bonds. The third-order valence-electron chi connectivity index (χ3n) is 3.57. The highest BCUT2D eigenvalue weighted by Gasteiger charge is 2.09. The highest BCUT2D eigenvalue weighted by atomic mass is 32.1. The molecular weight excluding hydrogens is 308 g/mol. The van der Waals surface area contributed by atoms with Crippen molar-refractivity contribution in [2.75, 3.05) is 5.32 Å². The van der Waals surface area contributed by atoms with Crippen molar-refractivity contribution in [1.82, 2.24) is 5.32 Å². The van der Waals surface area contributed by atoms with Gasteiger partial charge in [0.15, 0.2) is 5.11 Å². The van der Waals surface area contributed by atoms with E-state index in [2.05, 4.69) is 17.6 Å². The number of phenols is 1. The van der Waals surface area contributed by atoms with Crippen LogP contribution in [0.2, 0.25) is 0 Å². The van der Waals surface area contributed by atoms with Crippen LogP contribution < -0.4 is 10.6 Å². The van der Waals surface area contributed by atoms with E-state index in [9.17, 15) is 9.90 Å². The second kappa shape index (κ2) is 7.74. The molecule has 2 aromatic carbocycles. The van der Waals surface area contributed by atoms with E-state index in [-0.39, 0.29) is 16.8 Å². The molecule has 0 aliphatic heterocycles. The molecule has 0 bridgehead atoms. The summed E-state index contributed by atoms with van der Waals surface area (Å²) in [4.78, 5) is 12.2. The van der Waals surface area contributed by atoms with Crippen molar-refractivity contribution in [3.63, 3.8) is 0 Å². The Kier molecular flexibility index (Phi) is 5.71. The Labute approximate surface area is 141 Å². The molecule has 120 valence electrons. The molecule has 0 aliphatic carbocycles. The van der Waals surface area contributed by atoms with E-state index >= 15 is 0 Å². The van der Waals surface area contributed by atoms with Gasteiger partial charge in [0.05, 0.1) is 5.69 Å². The van der Waals surface area contributed by atoms with E-state index < -0.39 is 0 Å². The maximum absolute atomic E-state index is 12.2. The average molecular weight is 328 g/mol.